The molecule has 0 saturated heterocycles. The average molecular weight is 1110 g/mol. The Morgan fingerprint density at radius 1 is 0.442 bits per heavy atom. The molecule has 10 heteroatoms. The van der Waals surface area contributed by atoms with E-state index in [0.29, 0.717) is 23.9 Å². The van der Waals surface area contributed by atoms with E-state index in [1.807, 2.05) is 33.3 Å². The zero-order valence-corrected chi connectivity index (χ0v) is 53.1. The average Bonchev–Trinajstić information content (AvgIpc) is 3.39. The smallest absolute Gasteiger partial charge is 0.456 e. The van der Waals surface area contributed by atoms with Crippen molar-refractivity contribution in [2.45, 2.75) is 354 Å². The fourth-order valence-corrected chi connectivity index (χ4v) is 10.9. The highest BCUT2D eigenvalue weighted by Crippen LogP contribution is 2.43. The Labute approximate surface area is 479 Å². The number of likely N-dealkylation sites (N-methyl/N-ethyl adjacent to an activating group) is 1. The van der Waals surface area contributed by atoms with Gasteiger partial charge in [0.1, 0.15) is 19.3 Å². The minimum Gasteiger partial charge on any atom is -0.456 e. The molecule has 3 atom stereocenters. The van der Waals surface area contributed by atoms with Crippen LogP contribution >= 0.6 is 7.82 Å². The van der Waals surface area contributed by atoms with Crippen molar-refractivity contribution in [2.75, 3.05) is 40.9 Å². The van der Waals surface area contributed by atoms with Gasteiger partial charge in [0, 0.05) is 12.8 Å². The summed E-state index contributed by atoms with van der Waals surface area (Å²) in [7, 11) is 1.51. The zero-order valence-electron chi connectivity index (χ0n) is 52.2. The zero-order chi connectivity index (χ0) is 56.4. The molecule has 0 aromatic carbocycles. The maximum atomic E-state index is 13.6. The number of carbonyl (C=O) groups is 2. The number of carbonyl (C=O) groups excluding carboxylic acids is 2. The third-order valence-corrected chi connectivity index (χ3v) is 16.4. The van der Waals surface area contributed by atoms with Crippen LogP contribution in [0.25, 0.3) is 0 Å². The van der Waals surface area contributed by atoms with Crippen molar-refractivity contribution in [3.05, 3.63) is 24.3 Å². The van der Waals surface area contributed by atoms with Gasteiger partial charge in [-0.05, 0) is 57.4 Å². The van der Waals surface area contributed by atoms with Gasteiger partial charge in [-0.15, -0.1) is 0 Å². The predicted octanol–water partition coefficient (Wildman–Crippen LogP) is 20.9. The maximum Gasteiger partial charge on any atom is 0.472 e. The topological polar surface area (TPSA) is 111 Å². The summed E-state index contributed by atoms with van der Waals surface area (Å²) < 4.78 is 30.7. The molecule has 0 fully saturated rings. The summed E-state index contributed by atoms with van der Waals surface area (Å²) in [5, 5.41) is 3.07. The molecule has 2 N–H and O–H groups in total. The summed E-state index contributed by atoms with van der Waals surface area (Å²) in [5.74, 6) is -0.492. The summed E-state index contributed by atoms with van der Waals surface area (Å²) in [5.41, 5.74) is 0. The van der Waals surface area contributed by atoms with Gasteiger partial charge in [-0.25, -0.2) is 4.57 Å². The Morgan fingerprint density at radius 2 is 0.753 bits per heavy atom. The number of ether oxygens (including phenoxy) is 1. The summed E-state index contributed by atoms with van der Waals surface area (Å²) >= 11 is 0. The van der Waals surface area contributed by atoms with Gasteiger partial charge < -0.3 is 19.4 Å². The van der Waals surface area contributed by atoms with Crippen LogP contribution in [-0.4, -0.2) is 74.3 Å². The van der Waals surface area contributed by atoms with Crippen LogP contribution in [0.3, 0.4) is 0 Å². The molecule has 0 radical (unpaired) electrons. The van der Waals surface area contributed by atoms with Crippen LogP contribution in [0.5, 0.6) is 0 Å². The monoisotopic (exact) mass is 1110 g/mol. The van der Waals surface area contributed by atoms with Crippen LogP contribution in [0.4, 0.5) is 0 Å². The highest BCUT2D eigenvalue weighted by molar-refractivity contribution is 7.47. The van der Waals surface area contributed by atoms with Crippen LogP contribution in [-0.2, 0) is 27.9 Å². The lowest BCUT2D eigenvalue weighted by atomic mass is 10.0. The van der Waals surface area contributed by atoms with Crippen molar-refractivity contribution in [3.8, 4) is 0 Å². The summed E-state index contributed by atoms with van der Waals surface area (Å²) in [6.45, 7) is 7.04. The van der Waals surface area contributed by atoms with Crippen molar-refractivity contribution in [3.63, 3.8) is 0 Å². The molecule has 0 bridgehead atoms. The van der Waals surface area contributed by atoms with Gasteiger partial charge in [0.05, 0.1) is 33.8 Å². The number of hydrogen-bond donors (Lipinski definition) is 2. The molecule has 456 valence electrons. The first-order chi connectivity index (χ1) is 37.4. The van der Waals surface area contributed by atoms with E-state index in [1.54, 1.807) is 0 Å². The van der Waals surface area contributed by atoms with Crippen LogP contribution in [0.1, 0.15) is 342 Å². The van der Waals surface area contributed by atoms with Gasteiger partial charge in [0.15, 0.2) is 0 Å². The lowest BCUT2D eigenvalue weighted by Crippen LogP contribution is -2.47. The predicted molar refractivity (Wildman–Crippen MR) is 333 cm³/mol. The normalized spacial score (nSPS) is 13.7. The largest absolute Gasteiger partial charge is 0.472 e. The second kappa shape index (κ2) is 57.7. The highest BCUT2D eigenvalue weighted by Gasteiger charge is 2.30. The number of quaternary nitrogens is 1. The van der Waals surface area contributed by atoms with Crippen LogP contribution < -0.4 is 5.32 Å². The van der Waals surface area contributed by atoms with Gasteiger partial charge in [0.2, 0.25) is 5.91 Å². The first-order valence-corrected chi connectivity index (χ1v) is 35.2. The molecular formula is C67H132N2O7P+. The lowest BCUT2D eigenvalue weighted by molar-refractivity contribution is -0.870. The van der Waals surface area contributed by atoms with E-state index < -0.39 is 20.0 Å². The summed E-state index contributed by atoms with van der Waals surface area (Å²) in [6.07, 6.45) is 69.0. The van der Waals surface area contributed by atoms with Gasteiger partial charge >= 0.3 is 13.8 Å². The van der Waals surface area contributed by atoms with Crippen LogP contribution in [0.15, 0.2) is 24.3 Å². The molecule has 0 heterocycles. The molecule has 1 amide bonds. The lowest BCUT2D eigenvalue weighted by Gasteiger charge is -2.27. The van der Waals surface area contributed by atoms with Gasteiger partial charge in [-0.2, -0.15) is 0 Å². The highest BCUT2D eigenvalue weighted by atomic mass is 31.2. The van der Waals surface area contributed by atoms with E-state index in [-0.39, 0.29) is 25.1 Å². The Kier molecular flexibility index (Phi) is 56.6. The molecule has 0 aromatic heterocycles. The minimum atomic E-state index is -4.44. The van der Waals surface area contributed by atoms with E-state index >= 15 is 0 Å². The van der Waals surface area contributed by atoms with Crippen molar-refractivity contribution < 1.29 is 37.3 Å². The Hall–Kier alpha value is -1.51. The number of rotatable bonds is 62. The Morgan fingerprint density at radius 3 is 1.12 bits per heavy atom. The molecule has 3 unspecified atom stereocenters. The molecule has 0 aliphatic rings. The number of phosphoric ester groups is 1. The van der Waals surface area contributed by atoms with Crippen molar-refractivity contribution in [1.29, 1.82) is 0 Å². The van der Waals surface area contributed by atoms with Gasteiger partial charge in [0.25, 0.3) is 0 Å². The molecule has 0 aromatic rings. The number of nitrogens with zero attached hydrogens (tertiary/aromatic N) is 1. The first kappa shape index (κ1) is 75.5. The molecular weight excluding hydrogens is 976 g/mol. The number of esters is 1. The number of allylic oxidation sites excluding steroid dienone is 3. The Bertz CT molecular complexity index is 1370. The SMILES string of the molecule is CCCCCC/C=C\CCCCCCCCCC(=O)OC(/C=C\CCCCCCCCCCC)C(COP(=O)(O)OCC[N+](C)(C)C)NC(=O)CCCCCCCCCCCCCCCCCCCCCCCCCCC. The van der Waals surface area contributed by atoms with E-state index in [2.05, 4.69) is 38.2 Å². The quantitative estimate of drug-likeness (QED) is 0.0205. The standard InChI is InChI=1S/C67H131N2O7P/c1-7-10-13-16-19-22-25-27-29-30-31-32-33-34-35-36-37-38-40-41-44-47-50-53-56-59-66(70)68-64(63-75-77(72,73)74-62-61-69(4,5)6)65(58-55-52-49-46-43-24-21-18-15-12-9-3)76-67(71)60-57-54-51-48-45-42-39-28-26-23-20-17-14-11-8-2/h23,26,55,58,64-65H,7-22,24-25,27-54,56-57,59-63H2,1-6H3,(H-,68,70,72,73)/p+1/b26-23-,58-55-. The van der Waals surface area contributed by atoms with E-state index in [9.17, 15) is 19.0 Å². The molecule has 0 spiro atoms. The summed E-state index contributed by atoms with van der Waals surface area (Å²) in [4.78, 5) is 37.7. The van der Waals surface area contributed by atoms with E-state index in [0.717, 1.165) is 57.8 Å². The number of amides is 1. The molecule has 0 saturated carbocycles. The third kappa shape index (κ3) is 58.9. The minimum absolute atomic E-state index is 0.0432. The van der Waals surface area contributed by atoms with E-state index in [1.165, 1.54) is 250 Å². The Balaban J connectivity index is 4.99. The molecule has 0 aliphatic carbocycles. The molecule has 0 rings (SSSR count). The first-order valence-electron chi connectivity index (χ1n) is 33.7. The second-order valence-electron chi connectivity index (χ2n) is 24.4. The molecule has 0 aliphatic heterocycles. The molecule has 77 heavy (non-hydrogen) atoms. The fraction of sp³-hybridized carbons (Fsp3) is 0.910. The fourth-order valence-electron chi connectivity index (χ4n) is 10.2. The maximum absolute atomic E-state index is 13.6. The number of nitrogens with one attached hydrogen (secondary N) is 1. The number of unbranched alkanes of at least 4 members (excludes halogenated alkanes) is 44. The van der Waals surface area contributed by atoms with Crippen molar-refractivity contribution in [2.24, 2.45) is 0 Å². The van der Waals surface area contributed by atoms with Crippen molar-refractivity contribution >= 4 is 19.7 Å². The van der Waals surface area contributed by atoms with Crippen LogP contribution in [0, 0.1) is 0 Å². The molecule has 9 nitrogen and oxygen atoms in total. The van der Waals surface area contributed by atoms with Crippen molar-refractivity contribution in [1.82, 2.24) is 5.32 Å². The third-order valence-electron chi connectivity index (χ3n) is 15.4. The summed E-state index contributed by atoms with van der Waals surface area (Å²) in [6, 6.07) is -0.844. The van der Waals surface area contributed by atoms with Gasteiger partial charge in [-0.1, -0.05) is 296 Å². The number of phosphoric acid groups is 1. The van der Waals surface area contributed by atoms with Gasteiger partial charge in [-0.3, -0.25) is 18.6 Å². The van der Waals surface area contributed by atoms with E-state index in [4.69, 9.17) is 13.8 Å². The number of hydrogen-bond acceptors (Lipinski definition) is 6. The second-order valence-corrected chi connectivity index (χ2v) is 25.8. The van der Waals surface area contributed by atoms with Crippen LogP contribution in [0.2, 0.25) is 0 Å².